The first-order valence-electron chi connectivity index (χ1n) is 6.86. The summed E-state index contributed by atoms with van der Waals surface area (Å²) in [6.45, 7) is 9.31. The molecule has 6 nitrogen and oxygen atoms in total. The Morgan fingerprint density at radius 1 is 1.30 bits per heavy atom. The molecule has 2 amide bonds. The molecular formula is C14H24N2O4. The van der Waals surface area contributed by atoms with Crippen LogP contribution in [0.1, 0.15) is 41.0 Å². The zero-order chi connectivity index (χ0) is 15.7. The number of carboxylic acid groups (broad SMARTS) is 1. The van der Waals surface area contributed by atoms with E-state index >= 15 is 0 Å². The second-order valence-electron chi connectivity index (χ2n) is 6.60. The number of hydrogen-bond donors (Lipinski definition) is 2. The SMILES string of the molecule is CC(=O)[C@@H]1[C@H](C)CCN1C(=O)[C@@H](NC(=O)O)C(C)(C)C. The van der Waals surface area contributed by atoms with Gasteiger partial charge in [-0.1, -0.05) is 27.7 Å². The molecule has 3 atom stereocenters. The molecule has 0 aromatic heterocycles. The number of likely N-dealkylation sites (tertiary alicyclic amines) is 1. The lowest BCUT2D eigenvalue weighted by molar-refractivity contribution is -0.141. The zero-order valence-electron chi connectivity index (χ0n) is 12.8. The summed E-state index contributed by atoms with van der Waals surface area (Å²) in [6.07, 6.45) is -0.468. The molecule has 1 saturated heterocycles. The summed E-state index contributed by atoms with van der Waals surface area (Å²) in [4.78, 5) is 36.8. The van der Waals surface area contributed by atoms with Crippen molar-refractivity contribution >= 4 is 17.8 Å². The molecule has 20 heavy (non-hydrogen) atoms. The summed E-state index contributed by atoms with van der Waals surface area (Å²) in [5.74, 6) is -0.252. The molecular weight excluding hydrogens is 260 g/mol. The van der Waals surface area contributed by atoms with E-state index in [1.807, 2.05) is 6.92 Å². The molecule has 0 radical (unpaired) electrons. The molecule has 1 aliphatic rings. The number of hydrogen-bond acceptors (Lipinski definition) is 3. The fraction of sp³-hybridized carbons (Fsp3) is 0.786. The fourth-order valence-electron chi connectivity index (χ4n) is 2.75. The summed E-state index contributed by atoms with van der Waals surface area (Å²) >= 11 is 0. The molecule has 0 bridgehead atoms. The average Bonchev–Trinajstić information content (AvgIpc) is 2.65. The van der Waals surface area contributed by atoms with E-state index in [4.69, 9.17) is 5.11 Å². The smallest absolute Gasteiger partial charge is 0.405 e. The predicted molar refractivity (Wildman–Crippen MR) is 74.4 cm³/mol. The van der Waals surface area contributed by atoms with Gasteiger partial charge in [0.1, 0.15) is 6.04 Å². The Morgan fingerprint density at radius 2 is 1.85 bits per heavy atom. The Balaban J connectivity index is 3.00. The second-order valence-corrected chi connectivity index (χ2v) is 6.60. The van der Waals surface area contributed by atoms with Crippen molar-refractivity contribution in [2.45, 2.75) is 53.1 Å². The Bertz CT molecular complexity index is 414. The first kappa shape index (κ1) is 16.5. The van der Waals surface area contributed by atoms with Crippen LogP contribution >= 0.6 is 0 Å². The molecule has 0 saturated carbocycles. The van der Waals surface area contributed by atoms with E-state index in [0.717, 1.165) is 6.42 Å². The Morgan fingerprint density at radius 3 is 2.25 bits per heavy atom. The number of nitrogens with one attached hydrogen (secondary N) is 1. The first-order valence-corrected chi connectivity index (χ1v) is 6.86. The number of Topliss-reactive ketones (excluding diaryl/α,β-unsaturated/α-hetero) is 1. The lowest BCUT2D eigenvalue weighted by Gasteiger charge is -2.35. The molecule has 114 valence electrons. The lowest BCUT2D eigenvalue weighted by Crippen LogP contribution is -2.56. The summed E-state index contributed by atoms with van der Waals surface area (Å²) in [5.41, 5.74) is -0.553. The number of carbonyl (C=O) groups is 3. The molecule has 2 N–H and O–H groups in total. The minimum Gasteiger partial charge on any atom is -0.465 e. The van der Waals surface area contributed by atoms with Gasteiger partial charge < -0.3 is 15.3 Å². The van der Waals surface area contributed by atoms with Crippen molar-refractivity contribution in [3.63, 3.8) is 0 Å². The third-order valence-corrected chi connectivity index (χ3v) is 3.78. The van der Waals surface area contributed by atoms with Crippen molar-refractivity contribution < 1.29 is 19.5 Å². The van der Waals surface area contributed by atoms with E-state index in [0.29, 0.717) is 6.54 Å². The molecule has 0 spiro atoms. The highest BCUT2D eigenvalue weighted by molar-refractivity contribution is 5.92. The van der Waals surface area contributed by atoms with Gasteiger partial charge >= 0.3 is 6.09 Å². The van der Waals surface area contributed by atoms with Crippen molar-refractivity contribution in [3.05, 3.63) is 0 Å². The van der Waals surface area contributed by atoms with Crippen LogP contribution in [0.2, 0.25) is 0 Å². The van der Waals surface area contributed by atoms with Crippen molar-refractivity contribution in [3.8, 4) is 0 Å². The number of amides is 2. The molecule has 0 aliphatic carbocycles. The van der Waals surface area contributed by atoms with Crippen LogP contribution in [0.3, 0.4) is 0 Å². The standard InChI is InChI=1S/C14H24N2O4/c1-8-6-7-16(10(8)9(2)17)12(18)11(14(3,4)5)15-13(19)20/h8,10-11,15H,6-7H2,1-5H3,(H,19,20)/t8-,10+,11-/m1/s1. The normalized spacial score (nSPS) is 24.4. The average molecular weight is 284 g/mol. The quantitative estimate of drug-likeness (QED) is 0.822. The minimum atomic E-state index is -1.23. The summed E-state index contributed by atoms with van der Waals surface area (Å²) in [6, 6.07) is -1.30. The van der Waals surface area contributed by atoms with Crippen LogP contribution in [0.5, 0.6) is 0 Å². The number of nitrogens with zero attached hydrogens (tertiary/aromatic N) is 1. The number of carbonyl (C=O) groups excluding carboxylic acids is 2. The van der Waals surface area contributed by atoms with Crippen LogP contribution in [-0.2, 0) is 9.59 Å². The molecule has 0 aromatic carbocycles. The molecule has 6 heteroatoms. The monoisotopic (exact) mass is 284 g/mol. The van der Waals surface area contributed by atoms with Crippen LogP contribution in [0.15, 0.2) is 0 Å². The van der Waals surface area contributed by atoms with Gasteiger partial charge in [-0.15, -0.1) is 0 Å². The first-order chi connectivity index (χ1) is 9.05. The summed E-state index contributed by atoms with van der Waals surface area (Å²) < 4.78 is 0. The third kappa shape index (κ3) is 3.49. The van der Waals surface area contributed by atoms with Gasteiger partial charge in [0.05, 0.1) is 6.04 Å². The molecule has 0 unspecified atom stereocenters. The van der Waals surface area contributed by atoms with E-state index in [1.165, 1.54) is 11.8 Å². The maximum Gasteiger partial charge on any atom is 0.405 e. The highest BCUT2D eigenvalue weighted by Gasteiger charge is 2.43. The minimum absolute atomic E-state index is 0.0497. The van der Waals surface area contributed by atoms with Crippen LogP contribution in [0, 0.1) is 11.3 Å². The van der Waals surface area contributed by atoms with Gasteiger partial charge in [0.25, 0.3) is 0 Å². The van der Waals surface area contributed by atoms with E-state index in [1.54, 1.807) is 20.8 Å². The lowest BCUT2D eigenvalue weighted by atomic mass is 9.85. The van der Waals surface area contributed by atoms with E-state index < -0.39 is 23.6 Å². The van der Waals surface area contributed by atoms with Crippen molar-refractivity contribution in [1.29, 1.82) is 0 Å². The van der Waals surface area contributed by atoms with Gasteiger partial charge in [0, 0.05) is 6.54 Å². The highest BCUT2D eigenvalue weighted by atomic mass is 16.4. The van der Waals surface area contributed by atoms with E-state index in [2.05, 4.69) is 5.32 Å². The van der Waals surface area contributed by atoms with Crippen molar-refractivity contribution in [2.75, 3.05) is 6.54 Å². The van der Waals surface area contributed by atoms with E-state index in [-0.39, 0.29) is 17.6 Å². The summed E-state index contributed by atoms with van der Waals surface area (Å²) in [5, 5.41) is 11.2. The number of ketones is 1. The van der Waals surface area contributed by atoms with Gasteiger partial charge in [0.2, 0.25) is 5.91 Å². The van der Waals surface area contributed by atoms with Crippen LogP contribution < -0.4 is 5.32 Å². The molecule has 0 aromatic rings. The van der Waals surface area contributed by atoms with Crippen LogP contribution in [0.4, 0.5) is 4.79 Å². The molecule has 1 heterocycles. The van der Waals surface area contributed by atoms with Gasteiger partial charge in [0.15, 0.2) is 5.78 Å². The van der Waals surface area contributed by atoms with Gasteiger partial charge in [-0.05, 0) is 24.7 Å². The summed E-state index contributed by atoms with van der Waals surface area (Å²) in [7, 11) is 0. The van der Waals surface area contributed by atoms with Crippen molar-refractivity contribution in [2.24, 2.45) is 11.3 Å². The number of rotatable bonds is 3. The fourth-order valence-corrected chi connectivity index (χ4v) is 2.75. The van der Waals surface area contributed by atoms with Crippen LogP contribution in [-0.4, -0.2) is 46.4 Å². The molecule has 1 aliphatic heterocycles. The van der Waals surface area contributed by atoms with E-state index in [9.17, 15) is 14.4 Å². The van der Waals surface area contributed by atoms with Crippen molar-refractivity contribution in [1.82, 2.24) is 10.2 Å². The van der Waals surface area contributed by atoms with Gasteiger partial charge in [-0.25, -0.2) is 4.79 Å². The van der Waals surface area contributed by atoms with Gasteiger partial charge in [-0.2, -0.15) is 0 Å². The Hall–Kier alpha value is -1.59. The Kier molecular flexibility index (Phi) is 4.78. The molecule has 1 rings (SSSR count). The third-order valence-electron chi connectivity index (χ3n) is 3.78. The second kappa shape index (κ2) is 5.81. The topological polar surface area (TPSA) is 86.7 Å². The highest BCUT2D eigenvalue weighted by Crippen LogP contribution is 2.29. The predicted octanol–water partition coefficient (Wildman–Crippen LogP) is 1.49. The Labute approximate surface area is 119 Å². The van der Waals surface area contributed by atoms with Gasteiger partial charge in [-0.3, -0.25) is 9.59 Å². The maximum absolute atomic E-state index is 12.6. The maximum atomic E-state index is 12.6. The largest absolute Gasteiger partial charge is 0.465 e. The van der Waals surface area contributed by atoms with Crippen LogP contribution in [0.25, 0.3) is 0 Å². The zero-order valence-corrected chi connectivity index (χ0v) is 12.8. The molecule has 1 fully saturated rings.